The van der Waals surface area contributed by atoms with Crippen LogP contribution >= 0.6 is 0 Å². The van der Waals surface area contributed by atoms with E-state index in [4.69, 9.17) is 0 Å². The van der Waals surface area contributed by atoms with E-state index >= 15 is 0 Å². The number of hydrogen-bond acceptors (Lipinski definition) is 2. The molecule has 0 saturated carbocycles. The number of rotatable bonds is 3. The van der Waals surface area contributed by atoms with E-state index in [0.717, 1.165) is 0 Å². The normalized spacial score (nSPS) is 19.0. The van der Waals surface area contributed by atoms with Gasteiger partial charge in [0.15, 0.2) is 0 Å². The van der Waals surface area contributed by atoms with Crippen LogP contribution < -0.4 is 4.98 Å². The molecule has 1 aliphatic rings. The van der Waals surface area contributed by atoms with Gasteiger partial charge in [-0.3, -0.25) is 0 Å². The van der Waals surface area contributed by atoms with Crippen molar-refractivity contribution >= 4 is 9.84 Å². The molecule has 52 valence electrons. The summed E-state index contributed by atoms with van der Waals surface area (Å²) in [4.78, 5) is 3.27. The van der Waals surface area contributed by atoms with E-state index in [1.807, 2.05) is 0 Å². The minimum absolute atomic E-state index is 0.0909. The maximum atomic E-state index is 3.27. The van der Waals surface area contributed by atoms with Crippen molar-refractivity contribution in [2.24, 2.45) is 0 Å². The molecular formula is C6H14N2Si. The zero-order valence-corrected chi connectivity index (χ0v) is 7.34. The molecule has 9 heavy (non-hydrogen) atoms. The Morgan fingerprint density at radius 1 is 1.67 bits per heavy atom. The fourth-order valence-electron chi connectivity index (χ4n) is 0.896. The number of hydrogen-bond donors (Lipinski definition) is 1. The van der Waals surface area contributed by atoms with Crippen LogP contribution in [0.1, 0.15) is 19.8 Å². The molecule has 0 amide bonds. The standard InChI is InChI=1S/C6H14N2Si/c1-2-3-5-8-6-4-7-9-8/h4,6-7H,2-3,5,9H2,1H3. The second-order valence-electron chi connectivity index (χ2n) is 2.34. The van der Waals surface area contributed by atoms with E-state index in [9.17, 15) is 0 Å². The molecule has 0 fully saturated rings. The molecule has 0 aromatic heterocycles. The Balaban J connectivity index is 2.05. The Morgan fingerprint density at radius 2 is 2.56 bits per heavy atom. The summed E-state index contributed by atoms with van der Waals surface area (Å²) in [6, 6.07) is 0. The van der Waals surface area contributed by atoms with Gasteiger partial charge in [0.1, 0.15) is 0 Å². The fourth-order valence-corrected chi connectivity index (χ4v) is 1.93. The number of nitrogens with one attached hydrogen (secondary N) is 1. The summed E-state index contributed by atoms with van der Waals surface area (Å²) in [6.45, 7) is 3.49. The van der Waals surface area contributed by atoms with Crippen LogP contribution in [0.4, 0.5) is 0 Å². The molecule has 0 unspecified atom stereocenters. The first kappa shape index (κ1) is 6.67. The van der Waals surface area contributed by atoms with Crippen LogP contribution in [-0.4, -0.2) is 21.0 Å². The second-order valence-corrected chi connectivity index (χ2v) is 3.88. The highest BCUT2D eigenvalue weighted by molar-refractivity contribution is 6.30. The summed E-state index contributed by atoms with van der Waals surface area (Å²) < 4.78 is 2.42. The van der Waals surface area contributed by atoms with Gasteiger partial charge in [-0.15, -0.1) is 0 Å². The van der Waals surface area contributed by atoms with E-state index < -0.39 is 0 Å². The van der Waals surface area contributed by atoms with E-state index in [-0.39, 0.29) is 9.84 Å². The van der Waals surface area contributed by atoms with Crippen molar-refractivity contribution in [3.63, 3.8) is 0 Å². The molecule has 0 aliphatic carbocycles. The molecule has 1 N–H and O–H groups in total. The van der Waals surface area contributed by atoms with Gasteiger partial charge in [-0.05, 0) is 6.42 Å². The lowest BCUT2D eigenvalue weighted by Crippen LogP contribution is -2.25. The van der Waals surface area contributed by atoms with Gasteiger partial charge in [0.05, 0.1) is 0 Å². The molecule has 0 spiro atoms. The summed E-state index contributed by atoms with van der Waals surface area (Å²) in [5.41, 5.74) is 0. The average molecular weight is 142 g/mol. The third-order valence-corrected chi connectivity index (χ3v) is 2.85. The third-order valence-electron chi connectivity index (χ3n) is 1.50. The van der Waals surface area contributed by atoms with Crippen molar-refractivity contribution in [3.8, 4) is 0 Å². The van der Waals surface area contributed by atoms with Crippen molar-refractivity contribution in [2.45, 2.75) is 19.8 Å². The Bertz CT molecular complexity index is 103. The molecule has 0 radical (unpaired) electrons. The third kappa shape index (κ3) is 2.09. The van der Waals surface area contributed by atoms with Crippen molar-refractivity contribution in [1.82, 2.24) is 9.55 Å². The van der Waals surface area contributed by atoms with Crippen molar-refractivity contribution in [2.75, 3.05) is 6.54 Å². The van der Waals surface area contributed by atoms with Crippen molar-refractivity contribution in [1.29, 1.82) is 0 Å². The smallest absolute Gasteiger partial charge is 0.227 e. The first-order valence-corrected chi connectivity index (χ1v) is 4.91. The number of unbranched alkanes of at least 4 members (excludes halogenated alkanes) is 1. The SMILES string of the molecule is CCCCN1C=CN[SiH2]1. The Morgan fingerprint density at radius 3 is 3.11 bits per heavy atom. The minimum Gasteiger partial charge on any atom is -0.404 e. The molecule has 0 bridgehead atoms. The van der Waals surface area contributed by atoms with Gasteiger partial charge in [-0.1, -0.05) is 13.3 Å². The molecule has 0 aromatic rings. The first-order chi connectivity index (χ1) is 4.43. The molecule has 1 rings (SSSR count). The maximum absolute atomic E-state index is 3.27. The van der Waals surface area contributed by atoms with Gasteiger partial charge >= 0.3 is 0 Å². The average Bonchev–Trinajstić information content (AvgIpc) is 2.34. The first-order valence-electron chi connectivity index (χ1n) is 3.57. The van der Waals surface area contributed by atoms with Gasteiger partial charge in [0, 0.05) is 18.9 Å². The molecule has 3 heteroatoms. The highest BCUT2D eigenvalue weighted by Crippen LogP contribution is 1.95. The van der Waals surface area contributed by atoms with Gasteiger partial charge in [-0.25, -0.2) is 0 Å². The quantitative estimate of drug-likeness (QED) is 0.565. The highest BCUT2D eigenvalue weighted by Gasteiger charge is 2.00. The van der Waals surface area contributed by atoms with Crippen LogP contribution in [0.5, 0.6) is 0 Å². The summed E-state index contributed by atoms with van der Waals surface area (Å²) in [6.07, 6.45) is 6.86. The van der Waals surface area contributed by atoms with Crippen LogP contribution in [0.2, 0.25) is 0 Å². The minimum atomic E-state index is -0.0909. The topological polar surface area (TPSA) is 15.3 Å². The molecule has 1 aliphatic heterocycles. The molecule has 0 aromatic carbocycles. The van der Waals surface area contributed by atoms with Crippen molar-refractivity contribution < 1.29 is 0 Å². The van der Waals surface area contributed by atoms with Crippen LogP contribution in [0.25, 0.3) is 0 Å². The summed E-state index contributed by atoms with van der Waals surface area (Å²) in [5.74, 6) is 0. The summed E-state index contributed by atoms with van der Waals surface area (Å²) in [7, 11) is -0.0909. The Labute approximate surface area is 58.9 Å². The van der Waals surface area contributed by atoms with Crippen LogP contribution in [0.3, 0.4) is 0 Å². The van der Waals surface area contributed by atoms with E-state index in [1.54, 1.807) is 0 Å². The van der Waals surface area contributed by atoms with E-state index in [0.29, 0.717) is 0 Å². The lowest BCUT2D eigenvalue weighted by atomic mass is 10.3. The monoisotopic (exact) mass is 142 g/mol. The van der Waals surface area contributed by atoms with Crippen LogP contribution in [0.15, 0.2) is 12.4 Å². The predicted molar refractivity (Wildman–Crippen MR) is 42.4 cm³/mol. The molecule has 2 nitrogen and oxygen atoms in total. The number of nitrogens with zero attached hydrogens (tertiary/aromatic N) is 1. The molecule has 0 saturated heterocycles. The second kappa shape index (κ2) is 3.56. The summed E-state index contributed by atoms with van der Waals surface area (Å²) >= 11 is 0. The zero-order chi connectivity index (χ0) is 6.53. The summed E-state index contributed by atoms with van der Waals surface area (Å²) in [5, 5.41) is 0. The van der Waals surface area contributed by atoms with Crippen molar-refractivity contribution in [3.05, 3.63) is 12.4 Å². The van der Waals surface area contributed by atoms with Crippen LogP contribution in [-0.2, 0) is 0 Å². The molecular weight excluding hydrogens is 128 g/mol. The lowest BCUT2D eigenvalue weighted by Gasteiger charge is -2.12. The highest BCUT2D eigenvalue weighted by atomic mass is 28.2. The zero-order valence-electron chi connectivity index (χ0n) is 5.93. The fraction of sp³-hybridized carbons (Fsp3) is 0.667. The molecule has 1 heterocycles. The van der Waals surface area contributed by atoms with Gasteiger partial charge in [-0.2, -0.15) is 0 Å². The van der Waals surface area contributed by atoms with Crippen LogP contribution in [0, 0.1) is 0 Å². The van der Waals surface area contributed by atoms with Gasteiger partial charge in [0.2, 0.25) is 9.84 Å². The predicted octanol–water partition coefficient (Wildman–Crippen LogP) is 0.162. The largest absolute Gasteiger partial charge is 0.404 e. The Kier molecular flexibility index (Phi) is 2.64. The van der Waals surface area contributed by atoms with Gasteiger partial charge in [0.25, 0.3) is 0 Å². The van der Waals surface area contributed by atoms with E-state index in [2.05, 4.69) is 28.9 Å². The maximum Gasteiger partial charge on any atom is 0.227 e. The van der Waals surface area contributed by atoms with Gasteiger partial charge < -0.3 is 9.55 Å². The van der Waals surface area contributed by atoms with E-state index in [1.165, 1.54) is 19.4 Å². The lowest BCUT2D eigenvalue weighted by molar-refractivity contribution is 0.559. The Hall–Kier alpha value is -0.443. The molecule has 0 atom stereocenters.